The van der Waals surface area contributed by atoms with Crippen molar-refractivity contribution >= 4 is 75.4 Å². The molecule has 18 heteroatoms. The van der Waals surface area contributed by atoms with Gasteiger partial charge in [0.15, 0.2) is 17.3 Å². The highest BCUT2D eigenvalue weighted by Gasteiger charge is 2.70. The topological polar surface area (TPSA) is 157 Å². The number of rotatable bonds is 9. The van der Waals surface area contributed by atoms with Gasteiger partial charge in [0.1, 0.15) is 0 Å². The van der Waals surface area contributed by atoms with Gasteiger partial charge in [-0.3, -0.25) is 29.5 Å². The number of nitrogens with zero attached hydrogens (tertiary/aromatic N) is 6. The number of nitrogens with one attached hydrogen (secondary N) is 1. The quantitative estimate of drug-likeness (QED) is 0.0835. The number of halogens is 5. The summed E-state index contributed by atoms with van der Waals surface area (Å²) in [6.07, 6.45) is -2.34. The van der Waals surface area contributed by atoms with E-state index in [-0.39, 0.29) is 30.2 Å². The van der Waals surface area contributed by atoms with Crippen LogP contribution >= 0.6 is 23.2 Å². The Hall–Kier alpha value is -6.78. The third-order valence-electron chi connectivity index (χ3n) is 12.8. The van der Waals surface area contributed by atoms with E-state index in [0.29, 0.717) is 56.1 Å². The van der Waals surface area contributed by atoms with Crippen molar-refractivity contribution in [3.05, 3.63) is 142 Å². The predicted molar refractivity (Wildman–Crippen MR) is 235 cm³/mol. The first-order chi connectivity index (χ1) is 31.0. The zero-order valence-electron chi connectivity index (χ0n) is 34.8. The summed E-state index contributed by atoms with van der Waals surface area (Å²) in [4.78, 5) is 66.6. The number of aromatic hydroxyl groups is 1. The molecule has 0 spiro atoms. The Balaban J connectivity index is 1.12. The molecule has 3 fully saturated rings. The van der Waals surface area contributed by atoms with Gasteiger partial charge in [-0.2, -0.15) is 28.4 Å². The lowest BCUT2D eigenvalue weighted by atomic mass is 9.49. The van der Waals surface area contributed by atoms with Crippen molar-refractivity contribution in [2.24, 2.45) is 33.9 Å². The highest BCUT2D eigenvalue weighted by molar-refractivity contribution is 6.33. The average molecular weight is 925 g/mol. The van der Waals surface area contributed by atoms with E-state index in [9.17, 15) is 27.9 Å². The van der Waals surface area contributed by atoms with Crippen LogP contribution in [0.1, 0.15) is 35.4 Å². The zero-order valence-corrected chi connectivity index (χ0v) is 36.3. The second-order valence-electron chi connectivity index (χ2n) is 16.5. The van der Waals surface area contributed by atoms with Crippen LogP contribution < -0.4 is 20.0 Å². The molecule has 4 aromatic carbocycles. The number of carbonyl (C=O) groups is 4. The Labute approximate surface area is 380 Å². The van der Waals surface area contributed by atoms with Gasteiger partial charge in [0, 0.05) is 36.9 Å². The molecule has 4 amide bonds. The van der Waals surface area contributed by atoms with E-state index >= 15 is 9.59 Å². The molecule has 2 N–H and O–H groups in total. The standard InChI is InChI=1S/C47H38Cl2F3N7O6/c1-57(2)30-13-9-28(10-14-30)54-55-29-11-15-31(16-12-29)58-42(61)33-18-17-32-34(39(33)44(58)63)22-35-43(62)59(56-41-36(49)21-26(23-53-41)47(50,51)52)45(64)46(35,25-5-7-27(48)8-6-25)40(32)24-4-19-37(60)38(20-24)65-3/h4-17,19-21,23,33-35,39-40,60H,18,22H2,1-3H3,(H,53,56). The number of aromatic nitrogens is 1. The average Bonchev–Trinajstić information content (AvgIpc) is 3.67. The molecule has 6 unspecified atom stereocenters. The maximum atomic E-state index is 15.5. The number of hydrazine groups is 1. The SMILES string of the molecule is COc1cc(C2C3=CCC4C(=O)N(c5ccc(N=Nc6ccc(N(C)C)cc6)cc5)C(=O)C4C3CC3C(=O)N(Nc4ncc(C(F)(F)F)cc4Cl)C(=O)C32c2ccc(Cl)cc2)ccc1O. The summed E-state index contributed by atoms with van der Waals surface area (Å²) in [5, 5.41) is 19.9. The molecular formula is C47H38Cl2F3N7O6. The minimum atomic E-state index is -4.77. The van der Waals surface area contributed by atoms with Crippen LogP contribution in [0.5, 0.6) is 11.5 Å². The van der Waals surface area contributed by atoms with Crippen LogP contribution in [0.4, 0.5) is 41.7 Å². The van der Waals surface area contributed by atoms with Crippen molar-refractivity contribution in [3.8, 4) is 11.5 Å². The van der Waals surface area contributed by atoms with Gasteiger partial charge < -0.3 is 14.7 Å². The van der Waals surface area contributed by atoms with Crippen LogP contribution in [0, 0.1) is 23.7 Å². The van der Waals surface area contributed by atoms with E-state index < -0.39 is 75.4 Å². The van der Waals surface area contributed by atoms with E-state index in [4.69, 9.17) is 27.9 Å². The van der Waals surface area contributed by atoms with Crippen molar-refractivity contribution < 1.29 is 42.2 Å². The molecule has 2 saturated heterocycles. The second kappa shape index (κ2) is 16.3. The molecule has 0 radical (unpaired) electrons. The Morgan fingerprint density at radius 2 is 1.52 bits per heavy atom. The molecular weight excluding hydrogens is 886 g/mol. The van der Waals surface area contributed by atoms with Gasteiger partial charge in [0.25, 0.3) is 11.8 Å². The first-order valence-electron chi connectivity index (χ1n) is 20.4. The molecule has 332 valence electrons. The summed E-state index contributed by atoms with van der Waals surface area (Å²) in [5.41, 5.74) is 3.56. The smallest absolute Gasteiger partial charge is 0.417 e. The molecule has 65 heavy (non-hydrogen) atoms. The first kappa shape index (κ1) is 43.5. The number of phenolic OH excluding ortho intramolecular Hbond substituents is 1. The molecule has 2 aliphatic carbocycles. The van der Waals surface area contributed by atoms with E-state index in [1.54, 1.807) is 60.7 Å². The number of fused-ring (bicyclic) bond motifs is 4. The fraction of sp³-hybridized carbons (Fsp3) is 0.255. The molecule has 9 rings (SSSR count). The van der Waals surface area contributed by atoms with E-state index in [1.165, 1.54) is 13.2 Å². The maximum Gasteiger partial charge on any atom is 0.417 e. The Bertz CT molecular complexity index is 2820. The number of pyridine rings is 1. The van der Waals surface area contributed by atoms with Crippen LogP contribution in [0.2, 0.25) is 10.0 Å². The summed E-state index contributed by atoms with van der Waals surface area (Å²) in [5.74, 6) is -7.77. The number of allylic oxidation sites excluding steroid dienone is 2. The number of alkyl halides is 3. The number of phenols is 1. The van der Waals surface area contributed by atoms with Crippen molar-refractivity contribution in [2.45, 2.75) is 30.4 Å². The number of hydrogen-bond acceptors (Lipinski definition) is 11. The fourth-order valence-corrected chi connectivity index (χ4v) is 10.2. The Morgan fingerprint density at radius 3 is 2.14 bits per heavy atom. The van der Waals surface area contributed by atoms with Crippen molar-refractivity contribution in [2.75, 3.05) is 36.4 Å². The summed E-state index contributed by atoms with van der Waals surface area (Å²) < 4.78 is 46.3. The number of imide groups is 2. The maximum absolute atomic E-state index is 15.5. The molecule has 2 aliphatic heterocycles. The van der Waals surface area contributed by atoms with Gasteiger partial charge in [-0.05, 0) is 109 Å². The van der Waals surface area contributed by atoms with Crippen molar-refractivity contribution in [1.82, 2.24) is 9.99 Å². The fourth-order valence-electron chi connectivity index (χ4n) is 9.89. The molecule has 5 aromatic rings. The van der Waals surface area contributed by atoms with Gasteiger partial charge in [0.2, 0.25) is 11.8 Å². The van der Waals surface area contributed by atoms with Crippen LogP contribution in [-0.4, -0.2) is 59.9 Å². The summed E-state index contributed by atoms with van der Waals surface area (Å²) >= 11 is 12.7. The minimum Gasteiger partial charge on any atom is -0.504 e. The molecule has 1 aromatic heterocycles. The highest BCUT2D eigenvalue weighted by atomic mass is 35.5. The second-order valence-corrected chi connectivity index (χ2v) is 17.3. The molecule has 6 atom stereocenters. The lowest BCUT2D eigenvalue weighted by Crippen LogP contribution is -2.53. The van der Waals surface area contributed by atoms with E-state index in [0.717, 1.165) is 10.6 Å². The Kier molecular flexibility index (Phi) is 10.9. The summed E-state index contributed by atoms with van der Waals surface area (Å²) in [7, 11) is 5.23. The molecule has 1 saturated carbocycles. The van der Waals surface area contributed by atoms with Gasteiger partial charge in [0.05, 0.1) is 57.9 Å². The van der Waals surface area contributed by atoms with Gasteiger partial charge >= 0.3 is 6.18 Å². The highest BCUT2D eigenvalue weighted by Crippen LogP contribution is 2.64. The zero-order chi connectivity index (χ0) is 46.1. The lowest BCUT2D eigenvalue weighted by molar-refractivity contribution is -0.139. The number of hydrogen-bond donors (Lipinski definition) is 2. The van der Waals surface area contributed by atoms with Gasteiger partial charge in [-0.25, -0.2) is 4.98 Å². The minimum absolute atomic E-state index is 0.0673. The predicted octanol–water partition coefficient (Wildman–Crippen LogP) is 9.79. The van der Waals surface area contributed by atoms with Crippen LogP contribution in [-0.2, 0) is 30.8 Å². The van der Waals surface area contributed by atoms with Gasteiger partial charge in [-0.1, -0.05) is 53.1 Å². The van der Waals surface area contributed by atoms with Crippen LogP contribution in [0.25, 0.3) is 0 Å². The molecule has 13 nitrogen and oxygen atoms in total. The number of azo groups is 1. The number of carbonyl (C=O) groups excluding carboxylic acids is 4. The third kappa shape index (κ3) is 7.24. The van der Waals surface area contributed by atoms with E-state index in [2.05, 4.69) is 20.6 Å². The first-order valence-corrected chi connectivity index (χ1v) is 21.2. The monoisotopic (exact) mass is 923 g/mol. The van der Waals surface area contributed by atoms with Crippen molar-refractivity contribution in [3.63, 3.8) is 0 Å². The van der Waals surface area contributed by atoms with Gasteiger partial charge in [-0.15, -0.1) is 0 Å². The number of amides is 4. The van der Waals surface area contributed by atoms with Crippen LogP contribution in [0.3, 0.4) is 0 Å². The summed E-state index contributed by atoms with van der Waals surface area (Å²) in [6, 6.07) is 25.6. The third-order valence-corrected chi connectivity index (χ3v) is 13.4. The molecule has 4 aliphatic rings. The Morgan fingerprint density at radius 1 is 0.862 bits per heavy atom. The lowest BCUT2D eigenvalue weighted by Gasteiger charge is -2.50. The van der Waals surface area contributed by atoms with Crippen LogP contribution in [0.15, 0.2) is 125 Å². The largest absolute Gasteiger partial charge is 0.504 e. The number of anilines is 3. The normalized spacial score (nSPS) is 23.9. The molecule has 3 heterocycles. The number of ether oxygens (including phenoxy) is 1. The van der Waals surface area contributed by atoms with E-state index in [1.807, 2.05) is 49.3 Å². The molecule has 0 bridgehead atoms. The van der Waals surface area contributed by atoms with Crippen molar-refractivity contribution in [1.29, 1.82) is 0 Å². The number of benzene rings is 4. The summed E-state index contributed by atoms with van der Waals surface area (Å²) in [6.45, 7) is 0. The number of methoxy groups -OCH3 is 1.